The molecule has 0 bridgehead atoms. The second kappa shape index (κ2) is 54.7. The van der Waals surface area contributed by atoms with Gasteiger partial charge in [0.25, 0.3) is 17.7 Å². The molecule has 3 aliphatic heterocycles. The number of benzene rings is 9. The zero-order chi connectivity index (χ0) is 99.2. The van der Waals surface area contributed by atoms with Crippen molar-refractivity contribution in [3.63, 3.8) is 0 Å². The van der Waals surface area contributed by atoms with Crippen LogP contribution in [0.15, 0.2) is 237 Å². The molecule has 27 nitrogen and oxygen atoms in total. The maximum atomic E-state index is 13.8. The van der Waals surface area contributed by atoms with Gasteiger partial charge in [0, 0.05) is 57.4 Å². The molecule has 12 atom stereocenters. The molecule has 0 unspecified atom stereocenters. The summed E-state index contributed by atoms with van der Waals surface area (Å²) in [5.41, 5.74) is 11.5. The molecule has 9 aromatic rings. The molecule has 0 saturated carbocycles. The minimum absolute atomic E-state index is 0.117. The number of hydrogen-bond donors (Lipinski definition) is 12. The maximum Gasteiger partial charge on any atom is 0.318 e. The van der Waals surface area contributed by atoms with Gasteiger partial charge in [0.15, 0.2) is 19.8 Å². The Bertz CT molecular complexity index is 4760. The zero-order valence-corrected chi connectivity index (χ0v) is 82.1. The van der Waals surface area contributed by atoms with Gasteiger partial charge in [-0.25, -0.2) is 14.4 Å². The van der Waals surface area contributed by atoms with Crippen molar-refractivity contribution in [1.82, 2.24) is 62.6 Å². The Balaban J connectivity index is 0.000000214. The predicted octanol–water partition coefficient (Wildman–Crippen LogP) is 13.0. The van der Waals surface area contributed by atoms with Crippen LogP contribution in [0.3, 0.4) is 0 Å². The molecule has 738 valence electrons. The molecular formula is C111H144N12O15. The fourth-order valence-corrected chi connectivity index (χ4v) is 18.3. The number of aliphatic hydroxyl groups is 3. The molecular weight excluding hydrogens is 1740 g/mol. The zero-order valence-electron chi connectivity index (χ0n) is 82.1. The number of ether oxygens (including phenoxy) is 3. The highest BCUT2D eigenvalue weighted by atomic mass is 16.5. The minimum Gasteiger partial charge on any atom is -0.483 e. The number of nitrogens with zero attached hydrogens (tertiary/aromatic N) is 3. The molecule has 0 aromatic heterocycles. The predicted molar refractivity (Wildman–Crippen MR) is 539 cm³/mol. The Morgan fingerprint density at radius 1 is 0.297 bits per heavy atom. The number of rotatable bonds is 45. The van der Waals surface area contributed by atoms with Crippen molar-refractivity contribution in [3.05, 3.63) is 303 Å². The topological polar surface area (TPSA) is 360 Å². The Hall–Kier alpha value is -13.1. The largest absolute Gasteiger partial charge is 0.483 e. The van der Waals surface area contributed by atoms with Crippen LogP contribution in [0.1, 0.15) is 147 Å². The number of aryl methyl sites for hydroxylation is 6. The van der Waals surface area contributed by atoms with Crippen LogP contribution in [-0.4, -0.2) is 215 Å². The van der Waals surface area contributed by atoms with Crippen LogP contribution in [0.4, 0.5) is 14.4 Å². The van der Waals surface area contributed by atoms with E-state index in [1.165, 1.54) is 0 Å². The van der Waals surface area contributed by atoms with Crippen molar-refractivity contribution in [2.24, 2.45) is 17.8 Å². The van der Waals surface area contributed by atoms with Crippen LogP contribution in [0.25, 0.3) is 0 Å². The Morgan fingerprint density at radius 3 is 0.696 bits per heavy atom. The second-order valence-corrected chi connectivity index (χ2v) is 37.6. The lowest BCUT2D eigenvalue weighted by molar-refractivity contribution is -0.129. The summed E-state index contributed by atoms with van der Waals surface area (Å²) < 4.78 is 17.7. The van der Waals surface area contributed by atoms with Crippen LogP contribution in [-0.2, 0) is 67.3 Å². The molecule has 3 aliphatic rings. The number of carbonyl (C=O) groups excluding carboxylic acids is 9. The molecule has 0 aliphatic carbocycles. The highest BCUT2D eigenvalue weighted by Gasteiger charge is 2.40. The van der Waals surface area contributed by atoms with E-state index in [0.29, 0.717) is 95.0 Å². The van der Waals surface area contributed by atoms with Gasteiger partial charge in [-0.2, -0.15) is 0 Å². The van der Waals surface area contributed by atoms with Gasteiger partial charge < -0.3 is 92.1 Å². The number of para-hydroxylation sites is 3. The van der Waals surface area contributed by atoms with Crippen LogP contribution in [0, 0.1) is 59.3 Å². The van der Waals surface area contributed by atoms with E-state index < -0.39 is 72.7 Å². The van der Waals surface area contributed by atoms with Crippen LogP contribution >= 0.6 is 0 Å². The quantitative estimate of drug-likeness (QED) is 0.0169. The summed E-state index contributed by atoms with van der Waals surface area (Å²) in [6.07, 6.45) is 2.49. The first-order valence-electron chi connectivity index (χ1n) is 48.6. The summed E-state index contributed by atoms with van der Waals surface area (Å²) >= 11 is 0. The maximum absolute atomic E-state index is 13.8. The van der Waals surface area contributed by atoms with Crippen LogP contribution in [0.2, 0.25) is 0 Å². The lowest BCUT2D eigenvalue weighted by atomic mass is 9.92. The van der Waals surface area contributed by atoms with Crippen molar-refractivity contribution < 1.29 is 72.7 Å². The minimum atomic E-state index is -0.992. The lowest BCUT2D eigenvalue weighted by Gasteiger charge is -2.37. The molecule has 12 N–H and O–H groups in total. The monoisotopic (exact) mass is 1890 g/mol. The first-order valence-corrected chi connectivity index (χ1v) is 48.6. The third-order valence-electron chi connectivity index (χ3n) is 25.2. The summed E-state index contributed by atoms with van der Waals surface area (Å²) in [6, 6.07) is 69.8. The van der Waals surface area contributed by atoms with Crippen LogP contribution < -0.4 is 62.1 Å². The molecule has 0 radical (unpaired) electrons. The number of nitrogens with one attached hydrogen (secondary N) is 9. The van der Waals surface area contributed by atoms with E-state index in [2.05, 4.69) is 47.9 Å². The van der Waals surface area contributed by atoms with Crippen molar-refractivity contribution in [2.75, 3.05) is 59.1 Å². The molecule has 3 heterocycles. The van der Waals surface area contributed by atoms with Gasteiger partial charge in [-0.15, -0.1) is 0 Å². The summed E-state index contributed by atoms with van der Waals surface area (Å²) in [5, 5.41) is 62.2. The summed E-state index contributed by atoms with van der Waals surface area (Å²) in [4.78, 5) is 124. The number of aliphatic hydroxyl groups excluding tert-OH is 3. The van der Waals surface area contributed by atoms with Gasteiger partial charge in [-0.1, -0.05) is 278 Å². The van der Waals surface area contributed by atoms with E-state index in [0.717, 1.165) is 86.0 Å². The normalized spacial score (nSPS) is 15.8. The molecule has 12 amide bonds. The second-order valence-electron chi connectivity index (χ2n) is 37.6. The Morgan fingerprint density at radius 2 is 0.500 bits per heavy atom. The number of urea groups is 3. The fraction of sp³-hybridized carbons (Fsp3) is 0.432. The standard InChI is InChI=1S/3C37H48N4O5/c3*1-25(2)34(41-20-12-19-38-37(41)45)36(44)39-30(21-28-15-7-5-8-16-28)23-32(42)31(22-29-17-9-6-10-18-29)40-33(43)24-46-35-26(3)13-11-14-27(35)4/h3*5-11,13-18,25,30-32,34,42H,12,19-24H2,1-4H3,(H,38,45)(H,39,44)(H,40,43)/t3*30-,31-,32-,34-/m000/s1. The molecule has 138 heavy (non-hydrogen) atoms. The number of hydrogen-bond acceptors (Lipinski definition) is 15. The Kier molecular flexibility index (Phi) is 42.4. The third kappa shape index (κ3) is 33.7. The van der Waals surface area contributed by atoms with Crippen LogP contribution in [0.5, 0.6) is 17.2 Å². The average Bonchev–Trinajstić information content (AvgIpc) is 0.823. The molecule has 0 spiro atoms. The van der Waals surface area contributed by atoms with E-state index in [4.69, 9.17) is 14.2 Å². The van der Waals surface area contributed by atoms with Gasteiger partial charge in [0.05, 0.1) is 36.4 Å². The van der Waals surface area contributed by atoms with E-state index in [9.17, 15) is 58.5 Å². The highest BCUT2D eigenvalue weighted by Crippen LogP contribution is 2.29. The van der Waals surface area contributed by atoms with Crippen molar-refractivity contribution in [2.45, 2.75) is 233 Å². The summed E-state index contributed by atoms with van der Waals surface area (Å²) in [5.74, 6) is -0.148. The number of amides is 12. The molecule has 3 saturated heterocycles. The van der Waals surface area contributed by atoms with Gasteiger partial charge in [-0.3, -0.25) is 28.8 Å². The Labute approximate surface area is 814 Å². The summed E-state index contributed by atoms with van der Waals surface area (Å²) in [6.45, 7) is 25.9. The van der Waals surface area contributed by atoms with E-state index >= 15 is 0 Å². The van der Waals surface area contributed by atoms with Crippen molar-refractivity contribution >= 4 is 53.5 Å². The van der Waals surface area contributed by atoms with Gasteiger partial charge in [0.1, 0.15) is 35.4 Å². The van der Waals surface area contributed by atoms with Gasteiger partial charge in [-0.05, 0) is 203 Å². The van der Waals surface area contributed by atoms with E-state index in [-0.39, 0.29) is 110 Å². The first-order chi connectivity index (χ1) is 66.4. The van der Waals surface area contributed by atoms with Crippen molar-refractivity contribution in [3.8, 4) is 17.2 Å². The number of carbonyl (C=O) groups is 9. The molecule has 27 heteroatoms. The molecule has 9 aromatic carbocycles. The van der Waals surface area contributed by atoms with E-state index in [1.807, 2.05) is 320 Å². The van der Waals surface area contributed by atoms with Crippen molar-refractivity contribution in [1.29, 1.82) is 0 Å². The average molecular weight is 1890 g/mol. The lowest BCUT2D eigenvalue weighted by Crippen LogP contribution is -2.59. The van der Waals surface area contributed by atoms with Gasteiger partial charge >= 0.3 is 18.1 Å². The third-order valence-corrected chi connectivity index (χ3v) is 25.2. The fourth-order valence-electron chi connectivity index (χ4n) is 18.3. The summed E-state index contributed by atoms with van der Waals surface area (Å²) in [7, 11) is 0. The molecule has 12 rings (SSSR count). The van der Waals surface area contributed by atoms with Gasteiger partial charge in [0.2, 0.25) is 17.7 Å². The SMILES string of the molecule is Cc1cccc(C)c1OCC(=O)N[C@@H](Cc1ccccc1)[C@@H](O)C[C@H](Cc1ccccc1)NC(=O)[C@H](C(C)C)N1CCCNC1=O.Cc1cccc(C)c1OCC(=O)N[C@@H](Cc1ccccc1)[C@@H](O)C[C@H](Cc1ccccc1)NC(=O)[C@H](C(C)C)N1CCCNC1=O.Cc1cccc(C)c1OCC(=O)N[C@@H](Cc1ccccc1)[C@@H](O)C[C@H](Cc1ccccc1)NC(=O)[C@H](C(C)C)N1CCCNC1=O. The first kappa shape index (κ1) is 107. The smallest absolute Gasteiger partial charge is 0.318 e. The molecule has 3 fully saturated rings. The highest BCUT2D eigenvalue weighted by molar-refractivity contribution is 5.90. The van der Waals surface area contributed by atoms with E-state index in [1.54, 1.807) is 14.7 Å².